The Kier molecular flexibility index (Phi) is 16.6. The Morgan fingerprint density at radius 3 is 1.54 bits per heavy atom. The predicted octanol–water partition coefficient (Wildman–Crippen LogP) is 13.3. The minimum atomic E-state index is -3.98. The lowest BCUT2D eigenvalue weighted by atomic mass is 10.1. The molecule has 5 N–H and O–H groups in total. The lowest BCUT2D eigenvalue weighted by Gasteiger charge is -2.11. The first-order valence-electron chi connectivity index (χ1n) is 22.7. The van der Waals surface area contributed by atoms with Gasteiger partial charge in [-0.25, -0.2) is 18.4 Å². The lowest BCUT2D eigenvalue weighted by Crippen LogP contribution is -2.13. The highest BCUT2D eigenvalue weighted by atomic mass is 127. The number of rotatable bonds is 16. The molecule has 0 saturated carbocycles. The van der Waals surface area contributed by atoms with Gasteiger partial charge in [-0.3, -0.25) is 24.3 Å². The van der Waals surface area contributed by atoms with Gasteiger partial charge in [-0.2, -0.15) is 8.42 Å². The summed E-state index contributed by atoms with van der Waals surface area (Å²) in [7, 11) is -7.63. The number of carbonyl (C=O) groups is 2. The van der Waals surface area contributed by atoms with E-state index in [2.05, 4.69) is 68.5 Å². The van der Waals surface area contributed by atoms with E-state index in [-0.39, 0.29) is 26.7 Å². The zero-order valence-corrected chi connectivity index (χ0v) is 46.2. The zero-order valence-electron chi connectivity index (χ0n) is 40.0. The van der Waals surface area contributed by atoms with E-state index < -0.39 is 20.1 Å². The molecule has 0 unspecified atom stereocenters. The molecule has 0 atom stereocenters. The summed E-state index contributed by atoms with van der Waals surface area (Å²) in [5, 5.41) is 19.5. The number of aromatic nitrogens is 4. The Morgan fingerprint density at radius 2 is 1.07 bits per heavy atom. The maximum absolute atomic E-state index is 12.9. The van der Waals surface area contributed by atoms with Gasteiger partial charge in [0.2, 0.25) is 0 Å². The molecule has 0 aliphatic rings. The van der Waals surface area contributed by atoms with Crippen LogP contribution in [0.5, 0.6) is 5.75 Å². The van der Waals surface area contributed by atoms with Crippen LogP contribution in [0.25, 0.3) is 22.5 Å². The van der Waals surface area contributed by atoms with Crippen LogP contribution < -0.4 is 30.2 Å². The Balaban J connectivity index is 0.000000186. The molecule has 0 spiro atoms. The Morgan fingerprint density at radius 1 is 0.566 bits per heavy atom. The molecule has 10 aromatic rings. The maximum Gasteiger partial charge on any atom is 0.339 e. The molecule has 382 valence electrons. The van der Waals surface area contributed by atoms with Crippen molar-refractivity contribution in [2.24, 2.45) is 0 Å². The van der Waals surface area contributed by atoms with E-state index in [1.165, 1.54) is 65.1 Å². The van der Waals surface area contributed by atoms with Crippen molar-refractivity contribution in [1.29, 1.82) is 0 Å². The summed E-state index contributed by atoms with van der Waals surface area (Å²) in [5.74, 6) is -0.540. The van der Waals surface area contributed by atoms with E-state index in [4.69, 9.17) is 4.18 Å². The highest BCUT2D eigenvalue weighted by Gasteiger charge is 2.19. The summed E-state index contributed by atoms with van der Waals surface area (Å²) in [6.07, 6.45) is 6.98. The number of hydrogen-bond acceptors (Lipinski definition) is 16. The summed E-state index contributed by atoms with van der Waals surface area (Å²) in [6, 6.07) is 40.5. The van der Waals surface area contributed by atoms with E-state index in [1.54, 1.807) is 72.6 Å². The molecule has 5 aromatic heterocycles. The molecule has 2 amide bonds. The second kappa shape index (κ2) is 23.8. The molecular formula is C54H42IN9O7S5. The van der Waals surface area contributed by atoms with Crippen LogP contribution in [0.15, 0.2) is 196 Å². The SMILES string of the molecule is Cc1ccc(NC(=O)c2ccc(NS(=O)(=O)c3cccs3)cc2)cc1Nc1nc(-c2cccnc2)cs1.Cc1ccc(NC(=O)c2ccc(OS(=O)(=O)c3ccc(I)cc3)cc2)cc1Nc1nc(-c2cccnc2)cs1. The molecule has 0 saturated heterocycles. The molecule has 22 heteroatoms. The molecule has 0 aliphatic heterocycles. The second-order valence-corrected chi connectivity index (χ2v) is 23.8. The van der Waals surface area contributed by atoms with Gasteiger partial charge in [0, 0.05) is 89.8 Å². The number of nitrogens with one attached hydrogen (secondary N) is 5. The average Bonchev–Trinajstić information content (AvgIpc) is 4.24. The molecule has 0 bridgehead atoms. The number of sulfonamides is 1. The van der Waals surface area contributed by atoms with Gasteiger partial charge in [0.1, 0.15) is 14.9 Å². The van der Waals surface area contributed by atoms with Gasteiger partial charge in [0.25, 0.3) is 21.8 Å². The summed E-state index contributed by atoms with van der Waals surface area (Å²) >= 11 is 6.19. The van der Waals surface area contributed by atoms with Gasteiger partial charge in [0.15, 0.2) is 10.3 Å². The van der Waals surface area contributed by atoms with Crippen molar-refractivity contribution in [2.45, 2.75) is 23.0 Å². The molecule has 76 heavy (non-hydrogen) atoms. The first-order chi connectivity index (χ1) is 36.6. The fourth-order valence-electron chi connectivity index (χ4n) is 7.01. The first kappa shape index (κ1) is 53.0. The summed E-state index contributed by atoms with van der Waals surface area (Å²) in [4.78, 5) is 43.3. The maximum atomic E-state index is 12.9. The summed E-state index contributed by atoms with van der Waals surface area (Å²) in [6.45, 7) is 3.94. The molecule has 16 nitrogen and oxygen atoms in total. The van der Waals surface area contributed by atoms with Crippen molar-refractivity contribution in [1.82, 2.24) is 19.9 Å². The molecule has 10 rings (SSSR count). The van der Waals surface area contributed by atoms with Crippen LogP contribution in [0.1, 0.15) is 31.8 Å². The summed E-state index contributed by atoms with van der Waals surface area (Å²) in [5.41, 5.74) is 9.50. The fraction of sp³-hybridized carbons (Fsp3) is 0.0370. The van der Waals surface area contributed by atoms with Gasteiger partial charge < -0.3 is 25.5 Å². The van der Waals surface area contributed by atoms with Crippen molar-refractivity contribution in [3.63, 3.8) is 0 Å². The largest absolute Gasteiger partial charge is 0.379 e. The standard InChI is InChI=1S/C28H21IN4O4S2.C26H21N5O3S3/c1-18-4-9-22(15-25(18)32-28-33-26(17-38-28)20-3-2-14-30-16-20)31-27(34)19-5-10-23(11-6-19)37-39(35,36)24-12-7-21(29)8-13-24;1-17-6-9-21(14-22(17)29-26-30-23(16-36-26)19-4-2-12-27-15-19)28-25(32)18-7-10-20(11-8-18)31-37(33,34)24-5-3-13-35-24/h2-17H,1H3,(H,31,34)(H,32,33);2-16,31H,1H3,(H,28,32)(H,29,30). The highest BCUT2D eigenvalue weighted by Crippen LogP contribution is 2.32. The summed E-state index contributed by atoms with van der Waals surface area (Å²) < 4.78 is 58.7. The molecular weight excluding hydrogens is 1170 g/mol. The topological polar surface area (TPSA) is 223 Å². The Labute approximate surface area is 463 Å². The number of nitrogens with zero attached hydrogens (tertiary/aromatic N) is 4. The van der Waals surface area contributed by atoms with Crippen LogP contribution in [-0.2, 0) is 20.1 Å². The number of hydrogen-bond donors (Lipinski definition) is 5. The van der Waals surface area contributed by atoms with Gasteiger partial charge >= 0.3 is 10.1 Å². The number of halogens is 1. The second-order valence-electron chi connectivity index (χ2n) is 16.4. The monoisotopic (exact) mass is 1220 g/mol. The van der Waals surface area contributed by atoms with E-state index in [0.29, 0.717) is 28.2 Å². The third-order valence-electron chi connectivity index (χ3n) is 11.0. The minimum Gasteiger partial charge on any atom is -0.379 e. The van der Waals surface area contributed by atoms with Gasteiger partial charge in [-0.1, -0.05) is 18.2 Å². The van der Waals surface area contributed by atoms with Crippen molar-refractivity contribution < 1.29 is 30.6 Å². The molecule has 0 fully saturated rings. The average molecular weight is 1220 g/mol. The number of thiophene rings is 1. The molecule has 0 radical (unpaired) electrons. The van der Waals surface area contributed by atoms with Crippen LogP contribution in [-0.4, -0.2) is 48.6 Å². The number of aryl methyl sites for hydroxylation is 2. The number of benzene rings is 5. The van der Waals surface area contributed by atoms with Crippen LogP contribution in [0.3, 0.4) is 0 Å². The normalized spacial score (nSPS) is 11.1. The first-order valence-corrected chi connectivity index (χ1v) is 29.3. The quantitative estimate of drug-likeness (QED) is 0.0449. The number of amides is 2. The van der Waals surface area contributed by atoms with Crippen LogP contribution in [0.2, 0.25) is 0 Å². The Hall–Kier alpha value is -7.87. The third kappa shape index (κ3) is 13.7. The van der Waals surface area contributed by atoms with Crippen molar-refractivity contribution >= 4 is 127 Å². The van der Waals surface area contributed by atoms with Gasteiger partial charge in [-0.05, 0) is 180 Å². The van der Waals surface area contributed by atoms with E-state index in [1.807, 2.05) is 85.3 Å². The van der Waals surface area contributed by atoms with Crippen molar-refractivity contribution in [3.05, 3.63) is 212 Å². The molecule has 5 aromatic carbocycles. The zero-order chi connectivity index (χ0) is 53.2. The smallest absolute Gasteiger partial charge is 0.339 e. The molecule has 0 aliphatic carbocycles. The van der Waals surface area contributed by atoms with Crippen molar-refractivity contribution in [3.8, 4) is 28.3 Å². The van der Waals surface area contributed by atoms with Crippen LogP contribution in [0, 0.1) is 17.4 Å². The number of pyridine rings is 2. The lowest BCUT2D eigenvalue weighted by molar-refractivity contribution is 0.101. The number of carbonyl (C=O) groups excluding carboxylic acids is 2. The fourth-order valence-corrected chi connectivity index (χ4v) is 11.8. The predicted molar refractivity (Wildman–Crippen MR) is 311 cm³/mol. The van der Waals surface area contributed by atoms with E-state index >= 15 is 0 Å². The van der Waals surface area contributed by atoms with Crippen LogP contribution in [0.4, 0.5) is 38.7 Å². The minimum absolute atomic E-state index is 0.0552. The van der Waals surface area contributed by atoms with Gasteiger partial charge in [0.05, 0.1) is 11.4 Å². The van der Waals surface area contributed by atoms with E-state index in [9.17, 15) is 26.4 Å². The van der Waals surface area contributed by atoms with Gasteiger partial charge in [-0.15, -0.1) is 34.0 Å². The van der Waals surface area contributed by atoms with Crippen LogP contribution >= 0.6 is 56.6 Å². The van der Waals surface area contributed by atoms with Crippen molar-refractivity contribution in [2.75, 3.05) is 26.0 Å². The molecule has 5 heterocycles. The third-order valence-corrected chi connectivity index (χ3v) is 17.3. The number of anilines is 7. The number of thiazole rings is 2. The van der Waals surface area contributed by atoms with E-state index in [0.717, 1.165) is 70.2 Å². The highest BCUT2D eigenvalue weighted by molar-refractivity contribution is 14.1. The Bertz CT molecular complexity index is 3870.